The fourth-order valence-corrected chi connectivity index (χ4v) is 2.91. The van der Waals surface area contributed by atoms with Crippen LogP contribution in [0.3, 0.4) is 0 Å². The van der Waals surface area contributed by atoms with Crippen LogP contribution in [-0.2, 0) is 17.4 Å². The Morgan fingerprint density at radius 1 is 1.18 bits per heavy atom. The molecule has 0 saturated heterocycles. The summed E-state index contributed by atoms with van der Waals surface area (Å²) in [4.78, 5) is 0. The van der Waals surface area contributed by atoms with E-state index in [1.807, 2.05) is 23.0 Å². The van der Waals surface area contributed by atoms with Crippen LogP contribution in [-0.4, -0.2) is 9.78 Å². The Bertz CT molecular complexity index is 494. The van der Waals surface area contributed by atoms with Gasteiger partial charge in [0.25, 0.3) is 0 Å². The van der Waals surface area contributed by atoms with Crippen molar-refractivity contribution in [3.63, 3.8) is 0 Å². The van der Waals surface area contributed by atoms with Gasteiger partial charge in [0.15, 0.2) is 0 Å². The molecule has 0 aliphatic heterocycles. The molecule has 2 rings (SSSR count). The van der Waals surface area contributed by atoms with E-state index >= 15 is 0 Å². The van der Waals surface area contributed by atoms with Gasteiger partial charge in [-0.2, -0.15) is 5.10 Å². The summed E-state index contributed by atoms with van der Waals surface area (Å²) < 4.78 is 16.8. The number of alkyl halides is 1. The molecule has 0 N–H and O–H groups in total. The largest absolute Gasteiger partial charge is 0.259 e. The van der Waals surface area contributed by atoms with E-state index < -0.39 is 0 Å². The molecule has 0 atom stereocenters. The van der Waals surface area contributed by atoms with Crippen molar-refractivity contribution in [3.8, 4) is 0 Å². The minimum atomic E-state index is -0.180. The third-order valence-electron chi connectivity index (χ3n) is 2.57. The van der Waals surface area contributed by atoms with E-state index in [0.29, 0.717) is 0 Å². The minimum absolute atomic E-state index is 0.180. The van der Waals surface area contributed by atoms with Crippen molar-refractivity contribution in [2.24, 2.45) is 0 Å². The van der Waals surface area contributed by atoms with Crippen LogP contribution in [0.2, 0.25) is 0 Å². The molecule has 0 aliphatic carbocycles. The van der Waals surface area contributed by atoms with Gasteiger partial charge in [0.05, 0.1) is 20.0 Å². The molecule has 0 fully saturated rings. The van der Waals surface area contributed by atoms with Crippen LogP contribution in [0.15, 0.2) is 30.5 Å². The van der Waals surface area contributed by atoms with Crippen molar-refractivity contribution in [1.82, 2.24) is 9.78 Å². The number of aromatic nitrogens is 2. The molecule has 0 spiro atoms. The number of hydrogen-bond acceptors (Lipinski definition) is 1. The number of rotatable bonds is 4. The summed E-state index contributed by atoms with van der Waals surface area (Å²) in [7, 11) is 0. The van der Waals surface area contributed by atoms with E-state index in [4.69, 9.17) is 0 Å². The predicted molar refractivity (Wildman–Crippen MR) is 82.8 cm³/mol. The quantitative estimate of drug-likeness (QED) is 0.506. The van der Waals surface area contributed by atoms with E-state index in [-0.39, 0.29) is 5.82 Å². The maximum atomic E-state index is 12.8. The number of halogens is 3. The highest BCUT2D eigenvalue weighted by Gasteiger charge is 2.07. The molecule has 0 saturated carbocycles. The van der Waals surface area contributed by atoms with Crippen LogP contribution >= 0.6 is 45.2 Å². The molecule has 0 unspecified atom stereocenters. The molecule has 90 valence electrons. The Morgan fingerprint density at radius 2 is 1.88 bits per heavy atom. The molecule has 1 aromatic heterocycles. The van der Waals surface area contributed by atoms with Gasteiger partial charge < -0.3 is 0 Å². The Balaban J connectivity index is 2.06. The van der Waals surface area contributed by atoms with E-state index in [9.17, 15) is 4.39 Å². The second-order valence-corrected chi connectivity index (χ2v) is 5.53. The average molecular weight is 456 g/mol. The van der Waals surface area contributed by atoms with Gasteiger partial charge in [-0.15, -0.1) is 0 Å². The van der Waals surface area contributed by atoms with Crippen molar-refractivity contribution in [2.45, 2.75) is 17.4 Å². The molecule has 1 heterocycles. The fourth-order valence-electron chi connectivity index (χ4n) is 1.65. The van der Waals surface area contributed by atoms with Crippen molar-refractivity contribution < 1.29 is 4.39 Å². The van der Waals surface area contributed by atoms with Gasteiger partial charge in [0, 0.05) is 0 Å². The van der Waals surface area contributed by atoms with Crippen LogP contribution in [0, 0.1) is 9.39 Å². The second kappa shape index (κ2) is 6.12. The summed E-state index contributed by atoms with van der Waals surface area (Å²) in [5.41, 5.74) is 2.41. The number of nitrogens with zero attached hydrogens (tertiary/aromatic N) is 2. The molecule has 0 bridgehead atoms. The molecule has 0 radical (unpaired) electrons. The molecule has 0 aliphatic rings. The topological polar surface area (TPSA) is 17.8 Å². The van der Waals surface area contributed by atoms with E-state index in [1.54, 1.807) is 0 Å². The smallest absolute Gasteiger partial charge is 0.123 e. The number of benzene rings is 1. The number of aryl methyl sites for hydroxylation is 1. The highest BCUT2D eigenvalue weighted by atomic mass is 127. The maximum Gasteiger partial charge on any atom is 0.123 e. The van der Waals surface area contributed by atoms with Crippen LogP contribution in [0.4, 0.5) is 4.39 Å². The summed E-state index contributed by atoms with van der Waals surface area (Å²) in [6.45, 7) is 0. The molecule has 2 aromatic rings. The van der Waals surface area contributed by atoms with Gasteiger partial charge in [-0.25, -0.2) is 4.39 Å². The van der Waals surface area contributed by atoms with Crippen molar-refractivity contribution in [2.75, 3.05) is 0 Å². The van der Waals surface area contributed by atoms with Gasteiger partial charge in [-0.1, -0.05) is 34.7 Å². The van der Waals surface area contributed by atoms with Crippen LogP contribution in [0.25, 0.3) is 0 Å². The molecule has 17 heavy (non-hydrogen) atoms. The highest BCUT2D eigenvalue weighted by molar-refractivity contribution is 14.1. The first kappa shape index (κ1) is 13.3. The maximum absolute atomic E-state index is 12.8. The zero-order valence-electron chi connectivity index (χ0n) is 9.04. The lowest BCUT2D eigenvalue weighted by molar-refractivity contribution is 0.626. The SMILES string of the molecule is Fc1ccc(CCc2c(I)cnn2CI)cc1. The Hall–Kier alpha value is -0.180. The van der Waals surface area contributed by atoms with Crippen molar-refractivity contribution >= 4 is 45.2 Å². The lowest BCUT2D eigenvalue weighted by Crippen LogP contribution is -2.03. The molecule has 0 amide bonds. The summed E-state index contributed by atoms with van der Waals surface area (Å²) in [6.07, 6.45) is 3.74. The second-order valence-electron chi connectivity index (χ2n) is 3.68. The van der Waals surface area contributed by atoms with Gasteiger partial charge in [-0.05, 0) is 53.1 Å². The fraction of sp³-hybridized carbons (Fsp3) is 0.250. The first-order valence-corrected chi connectivity index (χ1v) is 7.81. The van der Waals surface area contributed by atoms with Crippen molar-refractivity contribution in [1.29, 1.82) is 0 Å². The molecular formula is C12H11FI2N2. The lowest BCUT2D eigenvalue weighted by atomic mass is 10.1. The normalized spacial score (nSPS) is 10.8. The summed E-state index contributed by atoms with van der Waals surface area (Å²) in [5, 5.41) is 4.30. The van der Waals surface area contributed by atoms with E-state index in [2.05, 4.69) is 50.3 Å². The predicted octanol–water partition coefficient (Wildman–Crippen LogP) is 3.80. The van der Waals surface area contributed by atoms with Gasteiger partial charge in [0.1, 0.15) is 5.82 Å². The molecular weight excluding hydrogens is 445 g/mol. The summed E-state index contributed by atoms with van der Waals surface area (Å²) >= 11 is 4.60. The zero-order chi connectivity index (χ0) is 12.3. The highest BCUT2D eigenvalue weighted by Crippen LogP contribution is 2.16. The molecule has 5 heteroatoms. The van der Waals surface area contributed by atoms with E-state index in [1.165, 1.54) is 21.4 Å². The van der Waals surface area contributed by atoms with E-state index in [0.717, 1.165) is 23.0 Å². The van der Waals surface area contributed by atoms with Gasteiger partial charge in [0.2, 0.25) is 0 Å². The third-order valence-corrected chi connectivity index (χ3v) is 4.12. The summed E-state index contributed by atoms with van der Waals surface area (Å²) in [6, 6.07) is 6.70. The first-order valence-electron chi connectivity index (χ1n) is 5.21. The zero-order valence-corrected chi connectivity index (χ0v) is 13.4. The minimum Gasteiger partial charge on any atom is -0.259 e. The lowest BCUT2D eigenvalue weighted by Gasteiger charge is -2.05. The number of hydrogen-bond donors (Lipinski definition) is 0. The van der Waals surface area contributed by atoms with Crippen LogP contribution in [0.1, 0.15) is 11.3 Å². The Labute approximate surface area is 127 Å². The Morgan fingerprint density at radius 3 is 2.53 bits per heavy atom. The third kappa shape index (κ3) is 3.40. The average Bonchev–Trinajstić information content (AvgIpc) is 2.69. The molecule has 1 aromatic carbocycles. The van der Waals surface area contributed by atoms with Gasteiger partial charge >= 0.3 is 0 Å². The van der Waals surface area contributed by atoms with Crippen LogP contribution in [0.5, 0.6) is 0 Å². The standard InChI is InChI=1S/C12H11FI2N2/c13-10-4-1-9(2-5-10)3-6-12-11(15)7-16-17(12)8-14/h1-2,4-5,7H,3,6,8H2. The monoisotopic (exact) mass is 456 g/mol. The van der Waals surface area contributed by atoms with Crippen LogP contribution < -0.4 is 0 Å². The van der Waals surface area contributed by atoms with Gasteiger partial charge in [-0.3, -0.25) is 4.68 Å². The van der Waals surface area contributed by atoms with Crippen molar-refractivity contribution in [3.05, 3.63) is 51.1 Å². The summed E-state index contributed by atoms with van der Waals surface area (Å²) in [5.74, 6) is -0.180. The first-order chi connectivity index (χ1) is 8.20. The Kier molecular flexibility index (Phi) is 4.78. The molecule has 2 nitrogen and oxygen atoms in total.